The van der Waals surface area contributed by atoms with E-state index in [4.69, 9.17) is 21.1 Å². The molecule has 0 bridgehead atoms. The summed E-state index contributed by atoms with van der Waals surface area (Å²) in [5, 5.41) is 10.2. The van der Waals surface area contributed by atoms with Crippen molar-refractivity contribution in [3.63, 3.8) is 0 Å². The number of ether oxygens (including phenoxy) is 2. The lowest BCUT2D eigenvalue weighted by Crippen LogP contribution is -2.56. The van der Waals surface area contributed by atoms with Gasteiger partial charge in [-0.25, -0.2) is 0 Å². The molecule has 0 aromatic heterocycles. The molecular formula is C28H39ClN2O3. The lowest BCUT2D eigenvalue weighted by atomic mass is 9.86. The molecule has 186 valence electrons. The highest BCUT2D eigenvalue weighted by molar-refractivity contribution is 6.32. The van der Waals surface area contributed by atoms with Crippen molar-refractivity contribution in [3.8, 4) is 11.5 Å². The van der Waals surface area contributed by atoms with Gasteiger partial charge in [0.1, 0.15) is 11.5 Å². The molecule has 2 aromatic carbocycles. The molecule has 0 radical (unpaired) electrons. The van der Waals surface area contributed by atoms with Gasteiger partial charge >= 0.3 is 0 Å². The summed E-state index contributed by atoms with van der Waals surface area (Å²) in [5.41, 5.74) is 4.90. The number of anilines is 1. The standard InChI is InChI=1S/C28H39ClN2O3/c1-19-20(2)26(34-18-28(3,4)17-32)12-10-23(19)25-8-6-7-22-16-30(13-14-31(22)25)21-9-11-24(29)27(15-21)33-5/h9-12,15,22,25,32H,6-8,13-14,16-18H2,1-5H3/t22-,25+/m0/s1. The van der Waals surface area contributed by atoms with Gasteiger partial charge in [-0.15, -0.1) is 0 Å². The van der Waals surface area contributed by atoms with Crippen LogP contribution in [0.2, 0.25) is 5.02 Å². The van der Waals surface area contributed by atoms with E-state index >= 15 is 0 Å². The van der Waals surface area contributed by atoms with Gasteiger partial charge < -0.3 is 19.5 Å². The van der Waals surface area contributed by atoms with Gasteiger partial charge in [-0.2, -0.15) is 0 Å². The van der Waals surface area contributed by atoms with Gasteiger partial charge in [-0.05, 0) is 68.0 Å². The molecule has 2 aliphatic rings. The van der Waals surface area contributed by atoms with Crippen molar-refractivity contribution in [1.29, 1.82) is 0 Å². The smallest absolute Gasteiger partial charge is 0.139 e. The molecule has 0 aliphatic carbocycles. The molecule has 2 aromatic rings. The van der Waals surface area contributed by atoms with Gasteiger partial charge in [0, 0.05) is 48.9 Å². The molecule has 2 heterocycles. The third-order valence-corrected chi connectivity index (χ3v) is 7.94. The summed E-state index contributed by atoms with van der Waals surface area (Å²) in [4.78, 5) is 5.20. The Morgan fingerprint density at radius 1 is 1.06 bits per heavy atom. The lowest BCUT2D eigenvalue weighted by Gasteiger charge is -2.49. The van der Waals surface area contributed by atoms with Gasteiger partial charge in [0.2, 0.25) is 0 Å². The number of rotatable bonds is 7. The summed E-state index contributed by atoms with van der Waals surface area (Å²) >= 11 is 6.25. The molecule has 2 aliphatic heterocycles. The molecule has 0 amide bonds. The van der Waals surface area contributed by atoms with E-state index in [1.54, 1.807) is 7.11 Å². The monoisotopic (exact) mass is 486 g/mol. The molecule has 34 heavy (non-hydrogen) atoms. The van der Waals surface area contributed by atoms with E-state index < -0.39 is 0 Å². The molecule has 2 fully saturated rings. The molecule has 5 nitrogen and oxygen atoms in total. The zero-order valence-electron chi connectivity index (χ0n) is 21.2. The first kappa shape index (κ1) is 25.2. The van der Waals surface area contributed by atoms with Gasteiger partial charge in [0.05, 0.1) is 25.3 Å². The largest absolute Gasteiger partial charge is 0.495 e. The fourth-order valence-corrected chi connectivity index (χ4v) is 5.51. The summed E-state index contributed by atoms with van der Waals surface area (Å²) in [5.74, 6) is 1.66. The SMILES string of the molecule is COc1cc(N2CCN3[C@@H](CCC[C@@H]3c3ccc(OCC(C)(C)CO)c(C)c3C)C2)ccc1Cl. The number of aliphatic hydroxyl groups is 1. The van der Waals surface area contributed by atoms with Gasteiger partial charge in [0.15, 0.2) is 0 Å². The number of nitrogens with zero attached hydrogens (tertiary/aromatic N) is 2. The second kappa shape index (κ2) is 10.3. The quantitative estimate of drug-likeness (QED) is 0.537. The third-order valence-electron chi connectivity index (χ3n) is 7.63. The lowest BCUT2D eigenvalue weighted by molar-refractivity contribution is 0.0711. The number of hydrogen-bond acceptors (Lipinski definition) is 5. The summed E-state index contributed by atoms with van der Waals surface area (Å²) in [6.45, 7) is 12.1. The molecule has 4 rings (SSSR count). The van der Waals surface area contributed by atoms with E-state index in [0.29, 0.717) is 23.7 Å². The van der Waals surface area contributed by atoms with E-state index in [0.717, 1.165) is 31.1 Å². The molecule has 0 spiro atoms. The number of hydrogen-bond donors (Lipinski definition) is 1. The maximum absolute atomic E-state index is 9.55. The fourth-order valence-electron chi connectivity index (χ4n) is 5.32. The predicted octanol–water partition coefficient (Wildman–Crippen LogP) is 5.78. The Balaban J connectivity index is 1.50. The fraction of sp³-hybridized carbons (Fsp3) is 0.571. The van der Waals surface area contributed by atoms with E-state index in [9.17, 15) is 5.11 Å². The van der Waals surface area contributed by atoms with E-state index in [1.165, 1.54) is 41.6 Å². The number of piperazine rings is 1. The number of piperidine rings is 1. The summed E-state index contributed by atoms with van der Waals surface area (Å²) in [7, 11) is 1.67. The first-order chi connectivity index (χ1) is 16.2. The first-order valence-electron chi connectivity index (χ1n) is 12.4. The zero-order chi connectivity index (χ0) is 24.5. The minimum absolute atomic E-state index is 0.112. The summed E-state index contributed by atoms with van der Waals surface area (Å²) < 4.78 is 11.6. The highest BCUT2D eigenvalue weighted by Crippen LogP contribution is 2.40. The molecule has 2 saturated heterocycles. The topological polar surface area (TPSA) is 45.2 Å². The van der Waals surface area contributed by atoms with Crippen molar-refractivity contribution in [2.75, 3.05) is 44.9 Å². The maximum atomic E-state index is 9.55. The molecule has 6 heteroatoms. The number of methoxy groups -OCH3 is 1. The minimum Gasteiger partial charge on any atom is -0.495 e. The van der Waals surface area contributed by atoms with E-state index in [-0.39, 0.29) is 12.0 Å². The van der Waals surface area contributed by atoms with Crippen LogP contribution in [0, 0.1) is 19.3 Å². The van der Waals surface area contributed by atoms with Crippen LogP contribution in [0.25, 0.3) is 0 Å². The maximum Gasteiger partial charge on any atom is 0.139 e. The van der Waals surface area contributed by atoms with Crippen LogP contribution in [0.3, 0.4) is 0 Å². The number of halogens is 1. The Labute approximate surface area is 209 Å². The van der Waals surface area contributed by atoms with Gasteiger partial charge in [-0.1, -0.05) is 31.5 Å². The zero-order valence-corrected chi connectivity index (χ0v) is 22.0. The van der Waals surface area contributed by atoms with Crippen LogP contribution in [0.5, 0.6) is 11.5 Å². The Bertz CT molecular complexity index is 1010. The number of benzene rings is 2. The number of fused-ring (bicyclic) bond motifs is 1. The molecule has 2 atom stereocenters. The second-order valence-electron chi connectivity index (χ2n) is 10.6. The van der Waals surface area contributed by atoms with Crippen LogP contribution in [0.15, 0.2) is 30.3 Å². The Kier molecular flexibility index (Phi) is 7.66. The average Bonchev–Trinajstić information content (AvgIpc) is 2.84. The summed E-state index contributed by atoms with van der Waals surface area (Å²) in [6, 6.07) is 11.5. The Hall–Kier alpha value is -1.95. The van der Waals surface area contributed by atoms with Crippen LogP contribution in [0.4, 0.5) is 5.69 Å². The van der Waals surface area contributed by atoms with Gasteiger partial charge in [0.25, 0.3) is 0 Å². The molecular weight excluding hydrogens is 448 g/mol. The Morgan fingerprint density at radius 3 is 2.59 bits per heavy atom. The normalized spacial score (nSPS) is 21.3. The van der Waals surface area contributed by atoms with Crippen molar-refractivity contribution < 1.29 is 14.6 Å². The van der Waals surface area contributed by atoms with Crippen LogP contribution in [-0.2, 0) is 0 Å². The second-order valence-corrected chi connectivity index (χ2v) is 11.0. The Morgan fingerprint density at radius 2 is 1.85 bits per heavy atom. The van der Waals surface area contributed by atoms with Gasteiger partial charge in [-0.3, -0.25) is 4.90 Å². The first-order valence-corrected chi connectivity index (χ1v) is 12.8. The van der Waals surface area contributed by atoms with Crippen LogP contribution >= 0.6 is 11.6 Å². The highest BCUT2D eigenvalue weighted by atomic mass is 35.5. The van der Waals surface area contributed by atoms with Crippen molar-refractivity contribution in [2.45, 2.75) is 59.0 Å². The van der Waals surface area contributed by atoms with Crippen molar-refractivity contribution in [1.82, 2.24) is 4.90 Å². The molecule has 1 N–H and O–H groups in total. The van der Waals surface area contributed by atoms with Crippen LogP contribution in [-0.4, -0.2) is 56.0 Å². The highest BCUT2D eigenvalue weighted by Gasteiger charge is 2.36. The number of aliphatic hydroxyl groups excluding tert-OH is 1. The van der Waals surface area contributed by atoms with Crippen molar-refractivity contribution in [3.05, 3.63) is 52.0 Å². The average molecular weight is 487 g/mol. The van der Waals surface area contributed by atoms with Crippen LogP contribution < -0.4 is 14.4 Å². The van der Waals surface area contributed by atoms with E-state index in [1.807, 2.05) is 19.9 Å². The minimum atomic E-state index is -0.247. The summed E-state index contributed by atoms with van der Waals surface area (Å²) in [6.07, 6.45) is 3.67. The van der Waals surface area contributed by atoms with Crippen molar-refractivity contribution >= 4 is 17.3 Å². The third kappa shape index (κ3) is 5.17. The van der Waals surface area contributed by atoms with Crippen molar-refractivity contribution in [2.24, 2.45) is 5.41 Å². The molecule has 0 unspecified atom stereocenters. The van der Waals surface area contributed by atoms with E-state index in [2.05, 4.69) is 47.9 Å². The van der Waals surface area contributed by atoms with Crippen LogP contribution in [0.1, 0.15) is 55.8 Å². The molecule has 0 saturated carbocycles. The predicted molar refractivity (Wildman–Crippen MR) is 140 cm³/mol.